The second-order valence-corrected chi connectivity index (χ2v) is 6.02. The number of imidazole rings is 1. The van der Waals surface area contributed by atoms with Crippen molar-refractivity contribution in [3.05, 3.63) is 36.3 Å². The molecule has 0 aliphatic carbocycles. The molecule has 7 heteroatoms. The lowest BCUT2D eigenvalue weighted by atomic mass is 10.2. The lowest BCUT2D eigenvalue weighted by Gasteiger charge is -2.29. The molecule has 1 aliphatic heterocycles. The SMILES string of the molecule is CCCn1cnc2cc(NC=C3C(=O)OC(C)(C)OC3=O)ccc21. The highest BCUT2D eigenvalue weighted by Crippen LogP contribution is 2.23. The smallest absolute Gasteiger partial charge is 0.350 e. The number of hydrogen-bond donors (Lipinski definition) is 1. The number of cyclic esters (lactones) is 2. The third kappa shape index (κ3) is 3.10. The molecule has 0 bridgehead atoms. The van der Waals surface area contributed by atoms with E-state index in [9.17, 15) is 9.59 Å². The van der Waals surface area contributed by atoms with Crippen LogP contribution >= 0.6 is 0 Å². The van der Waals surface area contributed by atoms with Gasteiger partial charge in [0.25, 0.3) is 5.79 Å². The Hall–Kier alpha value is -2.83. The van der Waals surface area contributed by atoms with Crippen LogP contribution in [0.1, 0.15) is 27.2 Å². The number of carbonyl (C=O) groups excluding carboxylic acids is 2. The van der Waals surface area contributed by atoms with E-state index in [1.807, 2.05) is 18.2 Å². The summed E-state index contributed by atoms with van der Waals surface area (Å²) in [6.45, 7) is 6.03. The molecule has 2 aromatic rings. The number of ether oxygens (including phenoxy) is 2. The number of aromatic nitrogens is 2. The summed E-state index contributed by atoms with van der Waals surface area (Å²) in [5, 5.41) is 2.92. The van der Waals surface area contributed by atoms with Gasteiger partial charge >= 0.3 is 11.9 Å². The lowest BCUT2D eigenvalue weighted by molar-refractivity contribution is -0.222. The fourth-order valence-electron chi connectivity index (χ4n) is 2.51. The molecule has 0 radical (unpaired) electrons. The van der Waals surface area contributed by atoms with Crippen LogP contribution in [-0.4, -0.2) is 27.3 Å². The van der Waals surface area contributed by atoms with Gasteiger partial charge in [-0.05, 0) is 24.6 Å². The third-order valence-corrected chi connectivity index (χ3v) is 3.59. The number of carbonyl (C=O) groups is 2. The summed E-state index contributed by atoms with van der Waals surface area (Å²) in [4.78, 5) is 28.1. The van der Waals surface area contributed by atoms with Gasteiger partial charge in [0.15, 0.2) is 5.57 Å². The van der Waals surface area contributed by atoms with Crippen molar-refractivity contribution in [1.82, 2.24) is 9.55 Å². The number of aryl methyl sites for hydroxylation is 1. The Balaban J connectivity index is 1.80. The van der Waals surface area contributed by atoms with Gasteiger partial charge in [-0.15, -0.1) is 0 Å². The molecule has 24 heavy (non-hydrogen) atoms. The van der Waals surface area contributed by atoms with E-state index >= 15 is 0 Å². The summed E-state index contributed by atoms with van der Waals surface area (Å²) in [5.41, 5.74) is 2.41. The Morgan fingerprint density at radius 1 is 1.25 bits per heavy atom. The van der Waals surface area contributed by atoms with Gasteiger partial charge in [-0.2, -0.15) is 0 Å². The van der Waals surface area contributed by atoms with Crippen LogP contribution in [0.25, 0.3) is 11.0 Å². The normalized spacial score (nSPS) is 16.7. The first-order valence-corrected chi connectivity index (χ1v) is 7.78. The van der Waals surface area contributed by atoms with Gasteiger partial charge < -0.3 is 19.4 Å². The van der Waals surface area contributed by atoms with Gasteiger partial charge in [0.1, 0.15) is 0 Å². The molecule has 0 atom stereocenters. The Morgan fingerprint density at radius 3 is 2.62 bits per heavy atom. The molecule has 7 nitrogen and oxygen atoms in total. The molecule has 1 aliphatic rings. The zero-order valence-electron chi connectivity index (χ0n) is 13.8. The quantitative estimate of drug-likeness (QED) is 0.527. The van der Waals surface area contributed by atoms with Crippen molar-refractivity contribution in [2.75, 3.05) is 5.32 Å². The molecule has 0 saturated carbocycles. The Bertz CT molecular complexity index is 813. The van der Waals surface area contributed by atoms with Crippen molar-refractivity contribution in [3.63, 3.8) is 0 Å². The molecule has 1 saturated heterocycles. The molecule has 1 N–H and O–H groups in total. The van der Waals surface area contributed by atoms with Crippen LogP contribution in [0, 0.1) is 0 Å². The monoisotopic (exact) mass is 329 g/mol. The number of rotatable bonds is 4. The maximum absolute atomic E-state index is 11.9. The predicted octanol–water partition coefficient (Wildman–Crippen LogP) is 2.58. The number of esters is 2. The van der Waals surface area contributed by atoms with Crippen LogP contribution in [0.4, 0.5) is 5.69 Å². The second kappa shape index (κ2) is 5.99. The van der Waals surface area contributed by atoms with E-state index in [4.69, 9.17) is 9.47 Å². The molecule has 1 fully saturated rings. The van der Waals surface area contributed by atoms with Crippen LogP contribution in [-0.2, 0) is 25.6 Å². The van der Waals surface area contributed by atoms with E-state index in [2.05, 4.69) is 21.8 Å². The Labute approximate surface area is 139 Å². The molecular weight excluding hydrogens is 310 g/mol. The van der Waals surface area contributed by atoms with Gasteiger partial charge in [0, 0.05) is 32.3 Å². The summed E-state index contributed by atoms with van der Waals surface area (Å²) in [6.07, 6.45) is 4.12. The fraction of sp³-hybridized carbons (Fsp3) is 0.353. The lowest BCUT2D eigenvalue weighted by Crippen LogP contribution is -2.42. The van der Waals surface area contributed by atoms with E-state index < -0.39 is 17.7 Å². The average Bonchev–Trinajstić information content (AvgIpc) is 2.88. The molecular formula is C17H19N3O4. The van der Waals surface area contributed by atoms with Crippen LogP contribution in [0.2, 0.25) is 0 Å². The molecule has 0 amide bonds. The number of fused-ring (bicyclic) bond motifs is 1. The van der Waals surface area contributed by atoms with Gasteiger partial charge in [0.05, 0.1) is 17.4 Å². The minimum atomic E-state index is -1.24. The van der Waals surface area contributed by atoms with E-state index in [1.165, 1.54) is 20.0 Å². The number of nitrogens with one attached hydrogen (secondary N) is 1. The van der Waals surface area contributed by atoms with Crippen LogP contribution in [0.5, 0.6) is 0 Å². The largest absolute Gasteiger partial charge is 0.419 e. The van der Waals surface area contributed by atoms with Crippen LogP contribution in [0.15, 0.2) is 36.3 Å². The van der Waals surface area contributed by atoms with E-state index in [-0.39, 0.29) is 5.57 Å². The van der Waals surface area contributed by atoms with Crippen molar-refractivity contribution in [2.45, 2.75) is 39.5 Å². The summed E-state index contributed by atoms with van der Waals surface area (Å²) in [5.74, 6) is -2.66. The van der Waals surface area contributed by atoms with Gasteiger partial charge in [-0.1, -0.05) is 6.92 Å². The van der Waals surface area contributed by atoms with Crippen molar-refractivity contribution in [1.29, 1.82) is 0 Å². The molecule has 1 aromatic carbocycles. The molecule has 1 aromatic heterocycles. The predicted molar refractivity (Wildman–Crippen MR) is 88.0 cm³/mol. The molecule has 3 rings (SSSR count). The zero-order valence-corrected chi connectivity index (χ0v) is 13.8. The van der Waals surface area contributed by atoms with Crippen LogP contribution < -0.4 is 5.32 Å². The fourth-order valence-corrected chi connectivity index (χ4v) is 2.51. The summed E-state index contributed by atoms with van der Waals surface area (Å²) in [7, 11) is 0. The topological polar surface area (TPSA) is 82.5 Å². The maximum atomic E-state index is 11.9. The molecule has 0 unspecified atom stereocenters. The molecule has 126 valence electrons. The highest BCUT2D eigenvalue weighted by Gasteiger charge is 2.38. The van der Waals surface area contributed by atoms with Gasteiger partial charge in [0.2, 0.25) is 0 Å². The number of anilines is 1. The summed E-state index contributed by atoms with van der Waals surface area (Å²) >= 11 is 0. The average molecular weight is 329 g/mol. The molecule has 2 heterocycles. The number of hydrogen-bond acceptors (Lipinski definition) is 6. The highest BCUT2D eigenvalue weighted by atomic mass is 16.7. The van der Waals surface area contributed by atoms with Crippen LogP contribution in [0.3, 0.4) is 0 Å². The minimum absolute atomic E-state index is 0.175. The Kier molecular flexibility index (Phi) is 4.01. The van der Waals surface area contributed by atoms with Gasteiger partial charge in [-0.25, -0.2) is 14.6 Å². The first-order valence-electron chi connectivity index (χ1n) is 7.78. The van der Waals surface area contributed by atoms with Gasteiger partial charge in [-0.3, -0.25) is 0 Å². The number of benzene rings is 1. The zero-order chi connectivity index (χ0) is 17.3. The van der Waals surface area contributed by atoms with Crippen molar-refractivity contribution < 1.29 is 19.1 Å². The van der Waals surface area contributed by atoms with Crippen molar-refractivity contribution >= 4 is 28.7 Å². The molecule has 0 spiro atoms. The van der Waals surface area contributed by atoms with E-state index in [0.717, 1.165) is 24.0 Å². The standard InChI is InChI=1S/C17H19N3O4/c1-4-7-20-10-19-13-8-11(5-6-14(13)20)18-9-12-15(21)23-17(2,3)24-16(12)22/h5-6,8-10,18H,4,7H2,1-3H3. The third-order valence-electron chi connectivity index (χ3n) is 3.59. The maximum Gasteiger partial charge on any atom is 0.350 e. The van der Waals surface area contributed by atoms with Crippen molar-refractivity contribution in [2.24, 2.45) is 0 Å². The highest BCUT2D eigenvalue weighted by molar-refractivity contribution is 6.15. The first kappa shape index (κ1) is 16.0. The summed E-state index contributed by atoms with van der Waals surface area (Å²) < 4.78 is 12.2. The Morgan fingerprint density at radius 2 is 1.96 bits per heavy atom. The first-order chi connectivity index (χ1) is 11.4. The van der Waals surface area contributed by atoms with Crippen molar-refractivity contribution in [3.8, 4) is 0 Å². The van der Waals surface area contributed by atoms with E-state index in [1.54, 1.807) is 6.33 Å². The summed E-state index contributed by atoms with van der Waals surface area (Å²) in [6, 6.07) is 5.65. The second-order valence-electron chi connectivity index (χ2n) is 6.02. The minimum Gasteiger partial charge on any atom is -0.419 e. The van der Waals surface area contributed by atoms with E-state index in [0.29, 0.717) is 5.69 Å². The number of nitrogens with zero attached hydrogens (tertiary/aromatic N) is 2.